The molecule has 0 amide bonds. The summed E-state index contributed by atoms with van der Waals surface area (Å²) in [7, 11) is 0. The van der Waals surface area contributed by atoms with Crippen molar-refractivity contribution in [3.63, 3.8) is 0 Å². The first-order valence-corrected chi connectivity index (χ1v) is 6.72. The summed E-state index contributed by atoms with van der Waals surface area (Å²) in [6, 6.07) is 8.22. The van der Waals surface area contributed by atoms with Gasteiger partial charge in [-0.3, -0.25) is 4.57 Å². The SMILES string of the molecule is Cc1cc2ncn(-c3cc([C@@H](C)N)ccn3)c2cc1C. The minimum absolute atomic E-state index is 0.00415. The Morgan fingerprint density at radius 2 is 1.85 bits per heavy atom. The van der Waals surface area contributed by atoms with Gasteiger partial charge < -0.3 is 5.73 Å². The third-order valence-electron chi connectivity index (χ3n) is 3.70. The lowest BCUT2D eigenvalue weighted by Crippen LogP contribution is -2.06. The van der Waals surface area contributed by atoms with E-state index in [0.717, 1.165) is 22.4 Å². The van der Waals surface area contributed by atoms with Gasteiger partial charge >= 0.3 is 0 Å². The molecule has 1 atom stereocenters. The smallest absolute Gasteiger partial charge is 0.138 e. The lowest BCUT2D eigenvalue weighted by atomic mass is 10.1. The highest BCUT2D eigenvalue weighted by Gasteiger charge is 2.09. The van der Waals surface area contributed by atoms with Crippen LogP contribution >= 0.6 is 0 Å². The second-order valence-corrected chi connectivity index (χ2v) is 5.28. The third kappa shape index (κ3) is 2.08. The standard InChI is InChI=1S/C16H18N4/c1-10-6-14-15(7-11(10)2)20(9-19-14)16-8-13(12(3)17)4-5-18-16/h4-9,12H,17H2,1-3H3/t12-/m1/s1. The van der Waals surface area contributed by atoms with Crippen molar-refractivity contribution in [1.82, 2.24) is 14.5 Å². The molecule has 4 nitrogen and oxygen atoms in total. The summed E-state index contributed by atoms with van der Waals surface area (Å²) in [5, 5.41) is 0. The number of rotatable bonds is 2. The van der Waals surface area contributed by atoms with Crippen LogP contribution in [0.1, 0.15) is 29.7 Å². The van der Waals surface area contributed by atoms with Crippen LogP contribution in [-0.2, 0) is 0 Å². The van der Waals surface area contributed by atoms with E-state index < -0.39 is 0 Å². The molecule has 4 heteroatoms. The number of nitrogens with two attached hydrogens (primary N) is 1. The van der Waals surface area contributed by atoms with Gasteiger partial charge in [-0.2, -0.15) is 0 Å². The number of aryl methyl sites for hydroxylation is 2. The van der Waals surface area contributed by atoms with Crippen LogP contribution in [0.25, 0.3) is 16.9 Å². The molecule has 2 N–H and O–H groups in total. The highest BCUT2D eigenvalue weighted by Crippen LogP contribution is 2.22. The molecule has 0 aliphatic heterocycles. The van der Waals surface area contributed by atoms with E-state index in [9.17, 15) is 0 Å². The van der Waals surface area contributed by atoms with Crippen molar-refractivity contribution in [2.24, 2.45) is 5.73 Å². The number of hydrogen-bond donors (Lipinski definition) is 1. The topological polar surface area (TPSA) is 56.7 Å². The molecule has 3 aromatic rings. The fourth-order valence-electron chi connectivity index (χ4n) is 2.30. The maximum Gasteiger partial charge on any atom is 0.138 e. The van der Waals surface area contributed by atoms with Crippen LogP contribution in [0, 0.1) is 13.8 Å². The zero-order valence-electron chi connectivity index (χ0n) is 12.0. The second-order valence-electron chi connectivity index (χ2n) is 5.28. The molecule has 0 saturated heterocycles. The van der Waals surface area contributed by atoms with E-state index >= 15 is 0 Å². The van der Waals surface area contributed by atoms with Gasteiger partial charge in [0.2, 0.25) is 0 Å². The maximum atomic E-state index is 5.94. The third-order valence-corrected chi connectivity index (χ3v) is 3.70. The van der Waals surface area contributed by atoms with E-state index in [2.05, 4.69) is 35.9 Å². The first-order valence-electron chi connectivity index (χ1n) is 6.72. The van der Waals surface area contributed by atoms with E-state index in [1.165, 1.54) is 11.1 Å². The van der Waals surface area contributed by atoms with Gasteiger partial charge in [-0.05, 0) is 61.7 Å². The van der Waals surface area contributed by atoms with Crippen molar-refractivity contribution in [2.75, 3.05) is 0 Å². The van der Waals surface area contributed by atoms with Gasteiger partial charge in [-0.1, -0.05) is 0 Å². The molecule has 3 rings (SSSR count). The molecule has 20 heavy (non-hydrogen) atoms. The van der Waals surface area contributed by atoms with E-state index in [1.807, 2.05) is 30.0 Å². The van der Waals surface area contributed by atoms with Gasteiger partial charge in [0, 0.05) is 12.2 Å². The van der Waals surface area contributed by atoms with Gasteiger partial charge in [-0.25, -0.2) is 9.97 Å². The van der Waals surface area contributed by atoms with Crippen LogP contribution in [-0.4, -0.2) is 14.5 Å². The lowest BCUT2D eigenvalue weighted by Gasteiger charge is -2.09. The van der Waals surface area contributed by atoms with Crippen molar-refractivity contribution >= 4 is 11.0 Å². The Balaban J connectivity index is 2.19. The Hall–Kier alpha value is -2.20. The molecule has 2 aromatic heterocycles. The summed E-state index contributed by atoms with van der Waals surface area (Å²) in [5.41, 5.74) is 11.6. The molecule has 0 unspecified atom stereocenters. The summed E-state index contributed by atoms with van der Waals surface area (Å²) in [6.07, 6.45) is 3.61. The van der Waals surface area contributed by atoms with Crippen LogP contribution in [0.5, 0.6) is 0 Å². The van der Waals surface area contributed by atoms with E-state index in [0.29, 0.717) is 0 Å². The zero-order chi connectivity index (χ0) is 14.3. The molecule has 0 bridgehead atoms. The first-order chi connectivity index (χ1) is 9.56. The molecule has 0 fully saturated rings. The fourth-order valence-corrected chi connectivity index (χ4v) is 2.30. The van der Waals surface area contributed by atoms with Crippen molar-refractivity contribution in [2.45, 2.75) is 26.8 Å². The van der Waals surface area contributed by atoms with Crippen LogP contribution in [0.3, 0.4) is 0 Å². The monoisotopic (exact) mass is 266 g/mol. The average Bonchev–Trinajstić information content (AvgIpc) is 2.82. The van der Waals surface area contributed by atoms with Crippen molar-refractivity contribution in [3.8, 4) is 5.82 Å². The molecule has 0 saturated carbocycles. The summed E-state index contributed by atoms with van der Waals surface area (Å²) >= 11 is 0. The molecule has 0 aliphatic carbocycles. The minimum Gasteiger partial charge on any atom is -0.324 e. The number of imidazole rings is 1. The molecule has 102 valence electrons. The number of aromatic nitrogens is 3. The van der Waals surface area contributed by atoms with Crippen LogP contribution in [0.2, 0.25) is 0 Å². The van der Waals surface area contributed by atoms with Gasteiger partial charge in [0.15, 0.2) is 0 Å². The average molecular weight is 266 g/mol. The Bertz CT molecular complexity index is 771. The summed E-state index contributed by atoms with van der Waals surface area (Å²) < 4.78 is 2.01. The minimum atomic E-state index is -0.00415. The van der Waals surface area contributed by atoms with Gasteiger partial charge in [0.1, 0.15) is 12.1 Å². The number of hydrogen-bond acceptors (Lipinski definition) is 3. The highest BCUT2D eigenvalue weighted by molar-refractivity contribution is 5.78. The molecule has 0 aliphatic rings. The first kappa shape index (κ1) is 12.8. The molecule has 1 aromatic carbocycles. The van der Waals surface area contributed by atoms with E-state index in [4.69, 9.17) is 5.73 Å². The molecular weight excluding hydrogens is 248 g/mol. The number of nitrogens with zero attached hydrogens (tertiary/aromatic N) is 3. The molecular formula is C16H18N4. The van der Waals surface area contributed by atoms with Crippen molar-refractivity contribution in [1.29, 1.82) is 0 Å². The van der Waals surface area contributed by atoms with E-state index in [-0.39, 0.29) is 6.04 Å². The Morgan fingerprint density at radius 3 is 2.60 bits per heavy atom. The molecule has 2 heterocycles. The zero-order valence-corrected chi connectivity index (χ0v) is 12.0. The molecule has 0 radical (unpaired) electrons. The van der Waals surface area contributed by atoms with Crippen LogP contribution in [0.15, 0.2) is 36.8 Å². The Kier molecular flexibility index (Phi) is 3.03. The van der Waals surface area contributed by atoms with Crippen molar-refractivity contribution < 1.29 is 0 Å². The predicted octanol–water partition coefficient (Wildman–Crippen LogP) is 3.06. The number of pyridine rings is 1. The highest BCUT2D eigenvalue weighted by atomic mass is 15.1. The quantitative estimate of drug-likeness (QED) is 0.775. The normalized spacial score (nSPS) is 12.8. The summed E-state index contributed by atoms with van der Waals surface area (Å²) in [6.45, 7) is 6.18. The van der Waals surface area contributed by atoms with Gasteiger partial charge in [-0.15, -0.1) is 0 Å². The molecule has 0 spiro atoms. The number of fused-ring (bicyclic) bond motifs is 1. The van der Waals surface area contributed by atoms with Crippen molar-refractivity contribution in [3.05, 3.63) is 53.5 Å². The Labute approximate surface area is 118 Å². The lowest BCUT2D eigenvalue weighted by molar-refractivity contribution is 0.811. The summed E-state index contributed by atoms with van der Waals surface area (Å²) in [5.74, 6) is 0.852. The Morgan fingerprint density at radius 1 is 1.10 bits per heavy atom. The predicted molar refractivity (Wildman–Crippen MR) is 80.9 cm³/mol. The van der Waals surface area contributed by atoms with Gasteiger partial charge in [0.25, 0.3) is 0 Å². The van der Waals surface area contributed by atoms with Gasteiger partial charge in [0.05, 0.1) is 11.0 Å². The fraction of sp³-hybridized carbons (Fsp3) is 0.250. The maximum absolute atomic E-state index is 5.94. The number of benzene rings is 1. The second kappa shape index (κ2) is 4.72. The van der Waals surface area contributed by atoms with Crippen LogP contribution in [0.4, 0.5) is 0 Å². The van der Waals surface area contributed by atoms with E-state index in [1.54, 1.807) is 6.20 Å². The largest absolute Gasteiger partial charge is 0.324 e. The van der Waals surface area contributed by atoms with Crippen LogP contribution < -0.4 is 5.73 Å². The summed E-state index contributed by atoms with van der Waals surface area (Å²) in [4.78, 5) is 8.90.